The fourth-order valence-corrected chi connectivity index (χ4v) is 0.895. The number of nitrogens with one attached hydrogen (secondary N) is 1. The van der Waals surface area contributed by atoms with Gasteiger partial charge in [-0.2, -0.15) is 4.98 Å². The van der Waals surface area contributed by atoms with Gasteiger partial charge in [-0.1, -0.05) is 5.16 Å². The number of carbonyl (C=O) groups excluding carboxylic acids is 1. The maximum Gasteiger partial charge on any atom is 0.251 e. The molecule has 0 atom stereocenters. The Kier molecular flexibility index (Phi) is 3.79. The lowest BCUT2D eigenvalue weighted by molar-refractivity contribution is -0.139. The molecule has 0 saturated heterocycles. The summed E-state index contributed by atoms with van der Waals surface area (Å²) in [4.78, 5) is 15.4. The molecule has 1 amide bonds. The van der Waals surface area contributed by atoms with Crippen LogP contribution in [0.25, 0.3) is 0 Å². The Bertz CT molecular complexity index is 308. The predicted octanol–water partition coefficient (Wildman–Crippen LogP) is 0.153. The van der Waals surface area contributed by atoms with Crippen LogP contribution < -0.4 is 5.32 Å². The van der Waals surface area contributed by atoms with Crippen LogP contribution in [0, 0.1) is 0 Å². The van der Waals surface area contributed by atoms with Gasteiger partial charge in [0.2, 0.25) is 5.89 Å². The molecule has 0 spiro atoms. The lowest BCUT2D eigenvalue weighted by Crippen LogP contribution is -2.44. The zero-order valence-corrected chi connectivity index (χ0v) is 9.11. The Balaban J connectivity index is 2.29. The zero-order chi connectivity index (χ0) is 11.3. The van der Waals surface area contributed by atoms with Crippen molar-refractivity contribution in [1.29, 1.82) is 0 Å². The maximum absolute atomic E-state index is 11.5. The summed E-state index contributed by atoms with van der Waals surface area (Å²) in [6.07, 6.45) is 1.85. The molecule has 1 N–H and O–H groups in total. The van der Waals surface area contributed by atoms with Crippen molar-refractivity contribution < 1.29 is 14.1 Å². The first kappa shape index (κ1) is 11.6. The highest BCUT2D eigenvalue weighted by Crippen LogP contribution is 2.06. The minimum atomic E-state index is -0.811. The fraction of sp³-hybridized carbons (Fsp3) is 0.667. The second-order valence-corrected chi connectivity index (χ2v) is 3.56. The molecule has 6 heteroatoms. The van der Waals surface area contributed by atoms with Gasteiger partial charge < -0.3 is 14.6 Å². The van der Waals surface area contributed by atoms with E-state index in [2.05, 4.69) is 15.5 Å². The SMILES string of the molecule is COC(C)(C)C(=O)NCCc1ncno1. The molecule has 6 nitrogen and oxygen atoms in total. The van der Waals surface area contributed by atoms with Crippen molar-refractivity contribution in [2.45, 2.75) is 25.9 Å². The van der Waals surface area contributed by atoms with E-state index in [1.807, 2.05) is 0 Å². The molecule has 84 valence electrons. The molecule has 1 rings (SSSR count). The Morgan fingerprint density at radius 2 is 2.40 bits per heavy atom. The molecule has 0 radical (unpaired) electrons. The number of hydrogen-bond acceptors (Lipinski definition) is 5. The molecule has 0 unspecified atom stereocenters. The number of methoxy groups -OCH3 is 1. The minimum absolute atomic E-state index is 0.162. The highest BCUT2D eigenvalue weighted by molar-refractivity contribution is 5.84. The van der Waals surface area contributed by atoms with Crippen LogP contribution in [0.5, 0.6) is 0 Å². The normalized spacial score (nSPS) is 11.4. The van der Waals surface area contributed by atoms with Gasteiger partial charge in [-0.25, -0.2) is 0 Å². The number of aromatic nitrogens is 2. The first-order valence-corrected chi connectivity index (χ1v) is 4.65. The smallest absolute Gasteiger partial charge is 0.251 e. The van der Waals surface area contributed by atoms with Crippen LogP contribution >= 0.6 is 0 Å². The van der Waals surface area contributed by atoms with Crippen molar-refractivity contribution in [1.82, 2.24) is 15.5 Å². The summed E-state index contributed by atoms with van der Waals surface area (Å²) >= 11 is 0. The topological polar surface area (TPSA) is 77.2 Å². The van der Waals surface area contributed by atoms with Crippen molar-refractivity contribution in [3.8, 4) is 0 Å². The molecule has 0 fully saturated rings. The summed E-state index contributed by atoms with van der Waals surface area (Å²) in [6.45, 7) is 3.86. The van der Waals surface area contributed by atoms with Crippen LogP contribution in [0.2, 0.25) is 0 Å². The molecule has 0 aliphatic carbocycles. The van der Waals surface area contributed by atoms with Gasteiger partial charge in [-0.05, 0) is 13.8 Å². The minimum Gasteiger partial charge on any atom is -0.369 e. The summed E-state index contributed by atoms with van der Waals surface area (Å²) in [5.74, 6) is 0.343. The van der Waals surface area contributed by atoms with E-state index < -0.39 is 5.60 Å². The van der Waals surface area contributed by atoms with Crippen molar-refractivity contribution in [2.75, 3.05) is 13.7 Å². The quantitative estimate of drug-likeness (QED) is 0.753. The molecule has 0 saturated carbocycles. The molecule has 0 aliphatic heterocycles. The zero-order valence-electron chi connectivity index (χ0n) is 9.11. The standard InChI is InChI=1S/C9H15N3O3/c1-9(2,14-3)8(13)10-5-4-7-11-6-12-15-7/h6H,4-5H2,1-3H3,(H,10,13). The largest absolute Gasteiger partial charge is 0.369 e. The maximum atomic E-state index is 11.5. The van der Waals surface area contributed by atoms with Crippen LogP contribution in [0.3, 0.4) is 0 Å². The molecule has 0 bridgehead atoms. The third kappa shape index (κ3) is 3.32. The molecule has 15 heavy (non-hydrogen) atoms. The highest BCUT2D eigenvalue weighted by Gasteiger charge is 2.26. The third-order valence-corrected chi connectivity index (χ3v) is 2.09. The monoisotopic (exact) mass is 213 g/mol. The fourth-order valence-electron chi connectivity index (χ4n) is 0.895. The summed E-state index contributed by atoms with van der Waals surface area (Å²) < 4.78 is 9.81. The summed E-state index contributed by atoms with van der Waals surface area (Å²) in [7, 11) is 1.50. The molecule has 0 aromatic carbocycles. The number of carbonyl (C=O) groups is 1. The van der Waals surface area contributed by atoms with Gasteiger partial charge in [0.25, 0.3) is 5.91 Å². The molecule has 1 aromatic rings. The molecule has 0 aliphatic rings. The van der Waals surface area contributed by atoms with Crippen LogP contribution in [0.4, 0.5) is 0 Å². The summed E-state index contributed by atoms with van der Waals surface area (Å²) in [5.41, 5.74) is -0.811. The van der Waals surface area contributed by atoms with E-state index in [4.69, 9.17) is 9.26 Å². The number of nitrogens with zero attached hydrogens (tertiary/aromatic N) is 2. The average Bonchev–Trinajstić information content (AvgIpc) is 2.70. The van der Waals surface area contributed by atoms with E-state index in [-0.39, 0.29) is 5.91 Å². The number of ether oxygens (including phenoxy) is 1. The summed E-state index contributed by atoms with van der Waals surface area (Å²) in [5, 5.41) is 6.18. The Labute approximate surface area is 88.0 Å². The molecule has 1 aromatic heterocycles. The van der Waals surface area contributed by atoms with Crippen molar-refractivity contribution >= 4 is 5.91 Å². The van der Waals surface area contributed by atoms with Crippen molar-refractivity contribution in [2.24, 2.45) is 0 Å². The number of rotatable bonds is 5. The van der Waals surface area contributed by atoms with Crippen molar-refractivity contribution in [3.63, 3.8) is 0 Å². The van der Waals surface area contributed by atoms with Gasteiger partial charge in [-0.3, -0.25) is 4.79 Å². The van der Waals surface area contributed by atoms with Gasteiger partial charge in [0.05, 0.1) is 0 Å². The van der Waals surface area contributed by atoms with E-state index in [1.165, 1.54) is 13.4 Å². The van der Waals surface area contributed by atoms with Gasteiger partial charge >= 0.3 is 0 Å². The van der Waals surface area contributed by atoms with Crippen molar-refractivity contribution in [3.05, 3.63) is 12.2 Å². The van der Waals surface area contributed by atoms with Gasteiger partial charge in [0.1, 0.15) is 5.60 Å². The number of amides is 1. The predicted molar refractivity (Wildman–Crippen MR) is 52.1 cm³/mol. The van der Waals surface area contributed by atoms with Gasteiger partial charge in [0, 0.05) is 20.1 Å². The molecule has 1 heterocycles. The lowest BCUT2D eigenvalue weighted by Gasteiger charge is -2.21. The molecular formula is C9H15N3O3. The van der Waals surface area contributed by atoms with E-state index in [1.54, 1.807) is 13.8 Å². The summed E-state index contributed by atoms with van der Waals surface area (Å²) in [6, 6.07) is 0. The van der Waals surface area contributed by atoms with Crippen LogP contribution in [-0.4, -0.2) is 35.3 Å². The average molecular weight is 213 g/mol. The van der Waals surface area contributed by atoms with Crippen LogP contribution in [0.15, 0.2) is 10.9 Å². The van der Waals surface area contributed by atoms with Crippen LogP contribution in [0.1, 0.15) is 19.7 Å². The first-order chi connectivity index (χ1) is 7.06. The van der Waals surface area contributed by atoms with E-state index in [0.29, 0.717) is 18.9 Å². The Hall–Kier alpha value is -1.43. The highest BCUT2D eigenvalue weighted by atomic mass is 16.5. The Morgan fingerprint density at radius 1 is 1.67 bits per heavy atom. The van der Waals surface area contributed by atoms with E-state index in [0.717, 1.165) is 0 Å². The lowest BCUT2D eigenvalue weighted by atomic mass is 10.1. The van der Waals surface area contributed by atoms with E-state index >= 15 is 0 Å². The van der Waals surface area contributed by atoms with E-state index in [9.17, 15) is 4.79 Å². The second kappa shape index (κ2) is 4.88. The van der Waals surface area contributed by atoms with Gasteiger partial charge in [-0.15, -0.1) is 0 Å². The van der Waals surface area contributed by atoms with Gasteiger partial charge in [0.15, 0.2) is 6.33 Å². The number of hydrogen-bond donors (Lipinski definition) is 1. The first-order valence-electron chi connectivity index (χ1n) is 4.65. The molecular weight excluding hydrogens is 198 g/mol. The third-order valence-electron chi connectivity index (χ3n) is 2.09. The second-order valence-electron chi connectivity index (χ2n) is 3.56. The van der Waals surface area contributed by atoms with Crippen LogP contribution in [-0.2, 0) is 16.0 Å². The Morgan fingerprint density at radius 3 is 2.93 bits per heavy atom.